The number of aromatic amines is 1. The number of aromatic nitrogens is 2. The number of hydrogen-bond acceptors (Lipinski definition) is 4. The Balaban J connectivity index is 1.35. The Labute approximate surface area is 192 Å². The summed E-state index contributed by atoms with van der Waals surface area (Å²) in [5.74, 6) is 0.530. The first-order valence-corrected chi connectivity index (χ1v) is 11.3. The summed E-state index contributed by atoms with van der Waals surface area (Å²) in [6.45, 7) is 4.74. The summed E-state index contributed by atoms with van der Waals surface area (Å²) in [6.07, 6.45) is 2.13. The van der Waals surface area contributed by atoms with Crippen LogP contribution in [0, 0.1) is 5.92 Å². The number of hydrogen-bond donors (Lipinski definition) is 3. The molecule has 1 aliphatic rings. The van der Waals surface area contributed by atoms with Gasteiger partial charge >= 0.3 is 0 Å². The third kappa shape index (κ3) is 5.39. The number of H-pyrrole nitrogens is 1. The number of nitrogens with zero attached hydrogens (tertiary/aromatic N) is 2. The molecule has 33 heavy (non-hydrogen) atoms. The van der Waals surface area contributed by atoms with Crippen molar-refractivity contribution in [1.82, 2.24) is 20.6 Å². The highest BCUT2D eigenvalue weighted by atomic mass is 16.2. The summed E-state index contributed by atoms with van der Waals surface area (Å²) in [6, 6.07) is 14.3. The predicted molar refractivity (Wildman–Crippen MR) is 127 cm³/mol. The fraction of sp³-hybridized carbons (Fsp3) is 0.360. The van der Waals surface area contributed by atoms with Crippen LogP contribution in [0.1, 0.15) is 55.3 Å². The maximum Gasteiger partial charge on any atom is 0.251 e. The van der Waals surface area contributed by atoms with Crippen LogP contribution in [0.3, 0.4) is 0 Å². The second kappa shape index (κ2) is 9.85. The molecule has 2 aromatic carbocycles. The second-order valence-electron chi connectivity index (χ2n) is 8.77. The number of amides is 3. The summed E-state index contributed by atoms with van der Waals surface area (Å²) in [5, 5.41) is 5.66. The lowest BCUT2D eigenvalue weighted by atomic mass is 10.0. The minimum atomic E-state index is -0.339. The maximum absolute atomic E-state index is 12.6. The van der Waals surface area contributed by atoms with Gasteiger partial charge in [0.15, 0.2) is 0 Å². The molecule has 1 fully saturated rings. The minimum Gasteiger partial charge on any atom is -0.345 e. The van der Waals surface area contributed by atoms with E-state index in [1.807, 2.05) is 24.3 Å². The van der Waals surface area contributed by atoms with E-state index in [2.05, 4.69) is 34.4 Å². The molecular weight excluding hydrogens is 418 g/mol. The van der Waals surface area contributed by atoms with E-state index in [9.17, 15) is 14.4 Å². The van der Waals surface area contributed by atoms with E-state index in [0.29, 0.717) is 30.3 Å². The number of carbonyl (C=O) groups excluding carboxylic acids is 3. The number of para-hydroxylation sites is 2. The largest absolute Gasteiger partial charge is 0.345 e. The number of carbonyl (C=O) groups is 3. The standard InChI is InChI=1S/C25H29N5O3/c1-16(2)14-21(24-28-19-6-3-4-7-20(19)29-24)27-22(31)15-26-25(33)17-9-11-18(12-10-17)30-13-5-8-23(30)32/h3-4,6-7,9-12,16,21H,5,8,13-15H2,1-2H3,(H,26,33)(H,27,31)(H,28,29). The van der Waals surface area contributed by atoms with Gasteiger partial charge in [-0.05, 0) is 55.2 Å². The molecule has 1 atom stereocenters. The molecule has 4 rings (SSSR count). The SMILES string of the molecule is CC(C)CC(NC(=O)CNC(=O)c1ccc(N2CCCC2=O)cc1)c1nc2ccccc2[nH]1. The highest BCUT2D eigenvalue weighted by molar-refractivity contribution is 5.98. The van der Waals surface area contributed by atoms with Crippen LogP contribution in [-0.2, 0) is 9.59 Å². The number of imidazole rings is 1. The molecule has 2 heterocycles. The molecule has 172 valence electrons. The first kappa shape index (κ1) is 22.5. The normalized spacial score (nSPS) is 14.6. The lowest BCUT2D eigenvalue weighted by molar-refractivity contribution is -0.121. The second-order valence-corrected chi connectivity index (χ2v) is 8.77. The Kier molecular flexibility index (Phi) is 6.72. The average Bonchev–Trinajstić information content (AvgIpc) is 3.43. The van der Waals surface area contributed by atoms with Crippen LogP contribution in [0.4, 0.5) is 5.69 Å². The van der Waals surface area contributed by atoms with Crippen molar-refractivity contribution in [2.75, 3.05) is 18.0 Å². The molecule has 0 saturated carbocycles. The lowest BCUT2D eigenvalue weighted by Crippen LogP contribution is -2.39. The smallest absolute Gasteiger partial charge is 0.251 e. The van der Waals surface area contributed by atoms with Crippen molar-refractivity contribution in [3.05, 3.63) is 59.9 Å². The van der Waals surface area contributed by atoms with Crippen LogP contribution in [-0.4, -0.2) is 40.8 Å². The maximum atomic E-state index is 12.6. The number of benzene rings is 2. The number of nitrogens with one attached hydrogen (secondary N) is 3. The van der Waals surface area contributed by atoms with Gasteiger partial charge in [-0.3, -0.25) is 14.4 Å². The number of rotatable bonds is 8. The molecule has 3 amide bonds. The Morgan fingerprint density at radius 1 is 1.12 bits per heavy atom. The molecule has 0 spiro atoms. The van der Waals surface area contributed by atoms with Crippen LogP contribution >= 0.6 is 0 Å². The fourth-order valence-electron chi connectivity index (χ4n) is 4.07. The van der Waals surface area contributed by atoms with Gasteiger partial charge in [-0.15, -0.1) is 0 Å². The van der Waals surface area contributed by atoms with Gasteiger partial charge in [0.05, 0.1) is 23.6 Å². The van der Waals surface area contributed by atoms with Gasteiger partial charge in [-0.1, -0.05) is 26.0 Å². The average molecular weight is 448 g/mol. The Morgan fingerprint density at radius 3 is 2.55 bits per heavy atom. The summed E-state index contributed by atoms with van der Waals surface area (Å²) in [5.41, 5.74) is 2.99. The highest BCUT2D eigenvalue weighted by Crippen LogP contribution is 2.23. The van der Waals surface area contributed by atoms with E-state index < -0.39 is 0 Å². The molecule has 0 radical (unpaired) electrons. The molecule has 1 aromatic heterocycles. The molecule has 8 heteroatoms. The zero-order valence-electron chi connectivity index (χ0n) is 18.9. The van der Waals surface area contributed by atoms with E-state index >= 15 is 0 Å². The Morgan fingerprint density at radius 2 is 1.88 bits per heavy atom. The van der Waals surface area contributed by atoms with Crippen molar-refractivity contribution in [2.45, 2.75) is 39.2 Å². The lowest BCUT2D eigenvalue weighted by Gasteiger charge is -2.19. The van der Waals surface area contributed by atoms with Gasteiger partial charge in [-0.2, -0.15) is 0 Å². The summed E-state index contributed by atoms with van der Waals surface area (Å²) in [4.78, 5) is 46.6. The molecule has 1 unspecified atom stereocenters. The first-order chi connectivity index (χ1) is 15.9. The van der Waals surface area contributed by atoms with Gasteiger partial charge in [0.1, 0.15) is 5.82 Å². The van der Waals surface area contributed by atoms with E-state index in [0.717, 1.165) is 29.6 Å². The van der Waals surface area contributed by atoms with E-state index in [4.69, 9.17) is 0 Å². The van der Waals surface area contributed by atoms with Crippen LogP contribution in [0.2, 0.25) is 0 Å². The summed E-state index contributed by atoms with van der Waals surface area (Å²) >= 11 is 0. The van der Waals surface area contributed by atoms with Gasteiger partial charge in [-0.25, -0.2) is 4.98 Å². The Bertz CT molecular complexity index is 1120. The van der Waals surface area contributed by atoms with Crippen molar-refractivity contribution in [3.8, 4) is 0 Å². The van der Waals surface area contributed by atoms with Gasteiger partial charge in [0, 0.05) is 24.2 Å². The first-order valence-electron chi connectivity index (χ1n) is 11.3. The molecule has 3 N–H and O–H groups in total. The summed E-state index contributed by atoms with van der Waals surface area (Å²) < 4.78 is 0. The molecule has 8 nitrogen and oxygen atoms in total. The topological polar surface area (TPSA) is 107 Å². The minimum absolute atomic E-state index is 0.101. The van der Waals surface area contributed by atoms with Crippen molar-refractivity contribution in [1.29, 1.82) is 0 Å². The van der Waals surface area contributed by atoms with E-state index in [1.54, 1.807) is 29.2 Å². The molecule has 1 aliphatic heterocycles. The third-order valence-electron chi connectivity index (χ3n) is 5.70. The molecule has 0 aliphatic carbocycles. The number of anilines is 1. The van der Waals surface area contributed by atoms with Gasteiger partial charge < -0.3 is 20.5 Å². The summed E-state index contributed by atoms with van der Waals surface area (Å²) in [7, 11) is 0. The molecule has 1 saturated heterocycles. The number of fused-ring (bicyclic) bond motifs is 1. The molecule has 0 bridgehead atoms. The van der Waals surface area contributed by atoms with Crippen LogP contribution in [0.5, 0.6) is 0 Å². The quantitative estimate of drug-likeness (QED) is 0.492. The Hall–Kier alpha value is -3.68. The van der Waals surface area contributed by atoms with Crippen molar-refractivity contribution in [2.24, 2.45) is 5.92 Å². The van der Waals surface area contributed by atoms with Crippen molar-refractivity contribution >= 4 is 34.4 Å². The van der Waals surface area contributed by atoms with Crippen LogP contribution in [0.25, 0.3) is 11.0 Å². The molecular formula is C25H29N5O3. The fourth-order valence-corrected chi connectivity index (χ4v) is 4.07. The zero-order chi connectivity index (χ0) is 23.4. The van der Waals surface area contributed by atoms with Crippen LogP contribution in [0.15, 0.2) is 48.5 Å². The van der Waals surface area contributed by atoms with Crippen LogP contribution < -0.4 is 15.5 Å². The van der Waals surface area contributed by atoms with E-state index in [1.165, 1.54) is 0 Å². The highest BCUT2D eigenvalue weighted by Gasteiger charge is 2.22. The van der Waals surface area contributed by atoms with Gasteiger partial charge in [0.25, 0.3) is 5.91 Å². The monoisotopic (exact) mass is 447 g/mol. The van der Waals surface area contributed by atoms with Crippen molar-refractivity contribution in [3.63, 3.8) is 0 Å². The van der Waals surface area contributed by atoms with E-state index in [-0.39, 0.29) is 30.3 Å². The molecule has 3 aromatic rings. The third-order valence-corrected chi connectivity index (χ3v) is 5.70. The zero-order valence-corrected chi connectivity index (χ0v) is 18.9. The van der Waals surface area contributed by atoms with Crippen molar-refractivity contribution < 1.29 is 14.4 Å². The predicted octanol–water partition coefficient (Wildman–Crippen LogP) is 3.32. The van der Waals surface area contributed by atoms with Gasteiger partial charge in [0.2, 0.25) is 11.8 Å².